The van der Waals surface area contributed by atoms with E-state index in [4.69, 9.17) is 5.11 Å². The van der Waals surface area contributed by atoms with Crippen LogP contribution in [0, 0.1) is 0 Å². The predicted octanol–water partition coefficient (Wildman–Crippen LogP) is 2.81. The molecule has 0 heterocycles. The molecule has 0 saturated carbocycles. The van der Waals surface area contributed by atoms with Crippen LogP contribution in [0.4, 0.5) is 43.9 Å². The summed E-state index contributed by atoms with van der Waals surface area (Å²) in [5, 5.41) is 7.60. The second-order valence-corrected chi connectivity index (χ2v) is 2.95. The zero-order valence-corrected chi connectivity index (χ0v) is 8.12. The molecule has 0 fully saturated rings. The topological polar surface area (TPSA) is 46.5 Å². The number of alkyl halides is 10. The quantitative estimate of drug-likeness (QED) is 0.794. The van der Waals surface area contributed by atoms with Gasteiger partial charge in [-0.1, -0.05) is 0 Å². The molecular weight excluding hydrogens is 310 g/mol. The number of carboxylic acid groups (broad SMARTS) is 1. The van der Waals surface area contributed by atoms with Gasteiger partial charge in [-0.3, -0.25) is 4.74 Å². The molecule has 114 valence electrons. The van der Waals surface area contributed by atoms with Crippen molar-refractivity contribution >= 4 is 5.97 Å². The highest BCUT2D eigenvalue weighted by atomic mass is 19.4. The van der Waals surface area contributed by atoms with E-state index in [1.54, 1.807) is 0 Å². The molecule has 0 aromatic rings. The maximum atomic E-state index is 12.4. The number of halogens is 10. The van der Waals surface area contributed by atoms with Gasteiger partial charge in [0.25, 0.3) is 6.36 Å². The summed E-state index contributed by atoms with van der Waals surface area (Å²) in [6.07, 6.45) is -17.9. The minimum atomic E-state index is -6.92. The first kappa shape index (κ1) is 17.7. The van der Waals surface area contributed by atoms with Crippen LogP contribution in [0.1, 0.15) is 0 Å². The van der Waals surface area contributed by atoms with Crippen molar-refractivity contribution < 1.29 is 58.5 Å². The summed E-state index contributed by atoms with van der Waals surface area (Å²) in [7, 11) is 0. The van der Waals surface area contributed by atoms with E-state index in [9.17, 15) is 48.7 Å². The Morgan fingerprint density at radius 3 is 1.58 bits per heavy atom. The van der Waals surface area contributed by atoms with E-state index in [0.29, 0.717) is 0 Å². The average molecular weight is 312 g/mol. The fourth-order valence-electron chi connectivity index (χ4n) is 0.588. The molecule has 0 spiro atoms. The maximum absolute atomic E-state index is 12.4. The summed E-state index contributed by atoms with van der Waals surface area (Å²) in [5.74, 6) is -17.2. The van der Waals surface area contributed by atoms with Crippen LogP contribution < -0.4 is 0 Å². The van der Waals surface area contributed by atoms with E-state index in [-0.39, 0.29) is 0 Å². The highest BCUT2D eigenvalue weighted by molar-refractivity contribution is 5.76. The Morgan fingerprint density at radius 1 is 0.947 bits per heavy atom. The van der Waals surface area contributed by atoms with Crippen LogP contribution in [0.2, 0.25) is 0 Å². The number of carbonyl (C=O) groups is 1. The lowest BCUT2D eigenvalue weighted by Crippen LogP contribution is -2.60. The number of rotatable bonds is 5. The second kappa shape index (κ2) is 4.68. The van der Waals surface area contributed by atoms with Crippen LogP contribution in [0.15, 0.2) is 0 Å². The van der Waals surface area contributed by atoms with Crippen molar-refractivity contribution in [1.29, 1.82) is 0 Å². The third kappa shape index (κ3) is 3.19. The molecule has 0 aromatic heterocycles. The SMILES string of the molecule is O=C(O)C(F)(F)C(F)(F)C(F)(F)OC(F)C(F)(F)F. The molecule has 0 bridgehead atoms. The number of ether oxygens (including phenoxy) is 1. The van der Waals surface area contributed by atoms with Gasteiger partial charge >= 0.3 is 30.1 Å². The highest BCUT2D eigenvalue weighted by Crippen LogP contribution is 2.48. The molecule has 1 N–H and O–H groups in total. The Labute approximate surface area is 96.3 Å². The van der Waals surface area contributed by atoms with Crippen LogP contribution >= 0.6 is 0 Å². The minimum Gasteiger partial charge on any atom is -0.477 e. The number of hydrogen-bond donors (Lipinski definition) is 1. The summed E-state index contributed by atoms with van der Waals surface area (Å²) in [6, 6.07) is 0. The first-order valence-corrected chi connectivity index (χ1v) is 3.83. The van der Waals surface area contributed by atoms with Gasteiger partial charge < -0.3 is 5.11 Å². The van der Waals surface area contributed by atoms with Crippen molar-refractivity contribution in [3.05, 3.63) is 0 Å². The molecule has 0 aliphatic carbocycles. The smallest absolute Gasteiger partial charge is 0.445 e. The van der Waals surface area contributed by atoms with Gasteiger partial charge in [0.1, 0.15) is 0 Å². The van der Waals surface area contributed by atoms with Crippen LogP contribution in [-0.2, 0) is 9.53 Å². The first-order chi connectivity index (χ1) is 8.07. The molecule has 0 saturated heterocycles. The fourth-order valence-corrected chi connectivity index (χ4v) is 0.588. The highest BCUT2D eigenvalue weighted by Gasteiger charge is 2.78. The van der Waals surface area contributed by atoms with E-state index in [1.807, 2.05) is 4.74 Å². The van der Waals surface area contributed by atoms with Crippen LogP contribution in [0.25, 0.3) is 0 Å². The molecule has 0 amide bonds. The lowest BCUT2D eigenvalue weighted by Gasteiger charge is -2.30. The van der Waals surface area contributed by atoms with E-state index in [2.05, 4.69) is 0 Å². The lowest BCUT2D eigenvalue weighted by atomic mass is 10.1. The maximum Gasteiger partial charge on any atom is 0.445 e. The summed E-state index contributed by atoms with van der Waals surface area (Å²) in [5.41, 5.74) is 0. The Balaban J connectivity index is 5.36. The van der Waals surface area contributed by atoms with Crippen molar-refractivity contribution in [1.82, 2.24) is 0 Å². The third-order valence-electron chi connectivity index (χ3n) is 1.54. The van der Waals surface area contributed by atoms with E-state index in [1.165, 1.54) is 0 Å². The van der Waals surface area contributed by atoms with Crippen molar-refractivity contribution in [3.63, 3.8) is 0 Å². The second-order valence-electron chi connectivity index (χ2n) is 2.95. The number of aliphatic carboxylic acids is 1. The number of hydrogen-bond acceptors (Lipinski definition) is 2. The Kier molecular flexibility index (Phi) is 4.37. The van der Waals surface area contributed by atoms with Gasteiger partial charge in [0.05, 0.1) is 0 Å². The molecular formula is C6H2F10O3. The van der Waals surface area contributed by atoms with Gasteiger partial charge in [0, 0.05) is 0 Å². The Morgan fingerprint density at radius 2 is 1.32 bits per heavy atom. The van der Waals surface area contributed by atoms with Crippen LogP contribution in [0.3, 0.4) is 0 Å². The van der Waals surface area contributed by atoms with Gasteiger partial charge in [0.15, 0.2) is 0 Å². The van der Waals surface area contributed by atoms with Gasteiger partial charge in [-0.25, -0.2) is 9.18 Å². The molecule has 3 nitrogen and oxygen atoms in total. The van der Waals surface area contributed by atoms with E-state index < -0.39 is 36.5 Å². The summed E-state index contributed by atoms with van der Waals surface area (Å²) in [6.45, 7) is 0. The van der Waals surface area contributed by atoms with Crippen molar-refractivity contribution in [2.24, 2.45) is 0 Å². The fraction of sp³-hybridized carbons (Fsp3) is 0.833. The summed E-state index contributed by atoms with van der Waals surface area (Å²) in [4.78, 5) is 9.66. The molecule has 1 atom stereocenters. The Hall–Kier alpha value is -1.27. The number of carboxylic acids is 1. The normalized spacial score (nSPS) is 16.3. The van der Waals surface area contributed by atoms with Gasteiger partial charge in [-0.05, 0) is 0 Å². The van der Waals surface area contributed by atoms with Crippen molar-refractivity contribution in [3.8, 4) is 0 Å². The molecule has 1 unspecified atom stereocenters. The molecule has 0 rings (SSSR count). The van der Waals surface area contributed by atoms with Crippen molar-refractivity contribution in [2.45, 2.75) is 30.5 Å². The first-order valence-electron chi connectivity index (χ1n) is 3.83. The molecule has 13 heteroatoms. The van der Waals surface area contributed by atoms with Crippen molar-refractivity contribution in [2.75, 3.05) is 0 Å². The standard InChI is InChI=1S/C6H2F10O3/c7-1(4(10,11)12)19-6(15,16)5(13,14)3(8,9)2(17)18/h1H,(H,17,18). The van der Waals surface area contributed by atoms with Gasteiger partial charge in [-0.2, -0.15) is 39.5 Å². The van der Waals surface area contributed by atoms with E-state index >= 15 is 0 Å². The van der Waals surface area contributed by atoms with Crippen LogP contribution in [-0.4, -0.2) is 41.6 Å². The molecule has 0 aliphatic rings. The average Bonchev–Trinajstić information content (AvgIpc) is 2.14. The zero-order chi connectivity index (χ0) is 15.9. The molecule has 19 heavy (non-hydrogen) atoms. The Bertz CT molecular complexity index is 348. The van der Waals surface area contributed by atoms with Gasteiger partial charge in [-0.15, -0.1) is 0 Å². The molecule has 0 radical (unpaired) electrons. The van der Waals surface area contributed by atoms with E-state index in [0.717, 1.165) is 0 Å². The minimum absolute atomic E-state index is 1.89. The van der Waals surface area contributed by atoms with Crippen LogP contribution in [0.5, 0.6) is 0 Å². The predicted molar refractivity (Wildman–Crippen MR) is 34.5 cm³/mol. The largest absolute Gasteiger partial charge is 0.477 e. The lowest BCUT2D eigenvalue weighted by molar-refractivity contribution is -0.436. The molecule has 0 aliphatic heterocycles. The zero-order valence-electron chi connectivity index (χ0n) is 8.12. The van der Waals surface area contributed by atoms with Gasteiger partial charge in [0.2, 0.25) is 0 Å². The summed E-state index contributed by atoms with van der Waals surface area (Å²) < 4.78 is 122. The summed E-state index contributed by atoms with van der Waals surface area (Å²) >= 11 is 0. The third-order valence-corrected chi connectivity index (χ3v) is 1.54. The monoisotopic (exact) mass is 312 g/mol. The molecule has 0 aromatic carbocycles.